The lowest BCUT2D eigenvalue weighted by Crippen LogP contribution is -2.65. The van der Waals surface area contributed by atoms with Crippen molar-refractivity contribution in [3.05, 3.63) is 40.5 Å². The number of nitrogens with zero attached hydrogens (tertiary/aromatic N) is 1. The van der Waals surface area contributed by atoms with Gasteiger partial charge in [0.25, 0.3) is 0 Å². The van der Waals surface area contributed by atoms with E-state index in [1.807, 2.05) is 18.2 Å². The zero-order valence-corrected chi connectivity index (χ0v) is 15.9. The van der Waals surface area contributed by atoms with E-state index in [1.165, 1.54) is 0 Å². The van der Waals surface area contributed by atoms with Crippen LogP contribution in [-0.2, 0) is 25.1 Å². The highest BCUT2D eigenvalue weighted by molar-refractivity contribution is 5.63. The molecule has 0 amide bonds. The van der Waals surface area contributed by atoms with Gasteiger partial charge in [-0.3, -0.25) is 4.48 Å². The Morgan fingerprint density at radius 2 is 1.82 bits per heavy atom. The average molecular weight is 384 g/mol. The van der Waals surface area contributed by atoms with E-state index in [-0.39, 0.29) is 13.6 Å². The van der Waals surface area contributed by atoms with Gasteiger partial charge in [0.15, 0.2) is 23.0 Å². The van der Waals surface area contributed by atoms with Crippen LogP contribution in [0.3, 0.4) is 0 Å². The molecule has 2 atom stereocenters. The van der Waals surface area contributed by atoms with Crippen molar-refractivity contribution in [1.29, 1.82) is 0 Å². The van der Waals surface area contributed by atoms with Crippen LogP contribution in [-0.4, -0.2) is 43.9 Å². The predicted octanol–water partition coefficient (Wildman–Crippen LogP) is 2.06. The zero-order valence-electron chi connectivity index (χ0n) is 15.9. The minimum Gasteiger partial charge on any atom is -0.492 e. The number of likely N-dealkylation sites (N-methyl/N-ethyl adjacent to an activating group) is 1. The number of benzene rings is 2. The number of hydrogen-bond donors (Lipinski definition) is 1. The lowest BCUT2D eigenvalue weighted by Gasteiger charge is -2.54. The van der Waals surface area contributed by atoms with Gasteiger partial charge in [0.2, 0.25) is 25.1 Å². The molecule has 7 heteroatoms. The second kappa shape index (κ2) is 5.24. The molecule has 28 heavy (non-hydrogen) atoms. The van der Waals surface area contributed by atoms with Crippen LogP contribution in [0.5, 0.6) is 28.7 Å². The van der Waals surface area contributed by atoms with Gasteiger partial charge >= 0.3 is 0 Å². The van der Waals surface area contributed by atoms with Gasteiger partial charge in [-0.1, -0.05) is 6.07 Å². The molecule has 0 aliphatic carbocycles. The van der Waals surface area contributed by atoms with Gasteiger partial charge in [0, 0.05) is 6.42 Å². The van der Waals surface area contributed by atoms with Gasteiger partial charge in [-0.05, 0) is 23.3 Å². The fourth-order valence-corrected chi connectivity index (χ4v) is 5.23. The van der Waals surface area contributed by atoms with Gasteiger partial charge in [-0.2, -0.15) is 0 Å². The molecule has 0 fully saturated rings. The molecule has 1 unspecified atom stereocenters. The van der Waals surface area contributed by atoms with Crippen molar-refractivity contribution < 1.29 is 33.3 Å². The highest BCUT2D eigenvalue weighted by Gasteiger charge is 2.58. The van der Waals surface area contributed by atoms with Crippen LogP contribution in [0.4, 0.5) is 0 Å². The van der Waals surface area contributed by atoms with E-state index in [0.717, 1.165) is 46.7 Å². The lowest BCUT2D eigenvalue weighted by atomic mass is 9.78. The number of aliphatic hydroxyl groups is 1. The highest BCUT2D eigenvalue weighted by atomic mass is 16.7. The van der Waals surface area contributed by atoms with Crippen molar-refractivity contribution in [1.82, 2.24) is 0 Å². The molecule has 2 aromatic carbocycles. The van der Waals surface area contributed by atoms with Crippen LogP contribution < -0.4 is 23.7 Å². The topological polar surface area (TPSA) is 66.4 Å². The third-order valence-corrected chi connectivity index (χ3v) is 6.76. The number of methoxy groups -OCH3 is 1. The van der Waals surface area contributed by atoms with Gasteiger partial charge in [0.1, 0.15) is 6.54 Å². The monoisotopic (exact) mass is 384 g/mol. The van der Waals surface area contributed by atoms with E-state index < -0.39 is 5.72 Å². The number of rotatable bonds is 1. The lowest BCUT2D eigenvalue weighted by molar-refractivity contribution is -1.01. The summed E-state index contributed by atoms with van der Waals surface area (Å²) < 4.78 is 28.8. The summed E-state index contributed by atoms with van der Waals surface area (Å²) in [4.78, 5) is 0. The molecular weight excluding hydrogens is 362 g/mol. The fourth-order valence-electron chi connectivity index (χ4n) is 5.23. The van der Waals surface area contributed by atoms with Gasteiger partial charge < -0.3 is 28.8 Å². The van der Waals surface area contributed by atoms with Crippen molar-refractivity contribution in [3.63, 3.8) is 0 Å². The van der Waals surface area contributed by atoms with Gasteiger partial charge in [-0.25, -0.2) is 0 Å². The van der Waals surface area contributed by atoms with E-state index in [2.05, 4.69) is 7.05 Å². The first kappa shape index (κ1) is 16.3. The summed E-state index contributed by atoms with van der Waals surface area (Å²) in [5.41, 5.74) is 2.96. The molecule has 6 rings (SSSR count). The molecular formula is C21H22NO6+. The Bertz CT molecular complexity index is 1020. The van der Waals surface area contributed by atoms with Crippen LogP contribution >= 0.6 is 0 Å². The minimum absolute atomic E-state index is 0.172. The van der Waals surface area contributed by atoms with E-state index >= 15 is 0 Å². The molecule has 0 spiro atoms. The molecule has 1 N–H and O–H groups in total. The number of hydrogen-bond acceptors (Lipinski definition) is 6. The molecule has 7 nitrogen and oxygen atoms in total. The third-order valence-electron chi connectivity index (χ3n) is 6.76. The molecule has 0 saturated heterocycles. The summed E-state index contributed by atoms with van der Waals surface area (Å²) in [6.45, 7) is 1.89. The van der Waals surface area contributed by atoms with Crippen LogP contribution in [0.15, 0.2) is 18.2 Å². The predicted molar refractivity (Wildman–Crippen MR) is 97.7 cm³/mol. The maximum Gasteiger partial charge on any atom is 0.235 e. The second-order valence-electron chi connectivity index (χ2n) is 8.14. The zero-order chi connectivity index (χ0) is 19.1. The van der Waals surface area contributed by atoms with Crippen LogP contribution in [0.2, 0.25) is 0 Å². The van der Waals surface area contributed by atoms with Crippen molar-refractivity contribution in [2.75, 3.05) is 34.3 Å². The summed E-state index contributed by atoms with van der Waals surface area (Å²) in [5, 5.41) is 12.2. The summed E-state index contributed by atoms with van der Waals surface area (Å²) in [6, 6.07) is 5.97. The molecule has 2 aromatic rings. The van der Waals surface area contributed by atoms with Crippen molar-refractivity contribution in [3.8, 4) is 28.7 Å². The molecule has 4 aliphatic heterocycles. The maximum absolute atomic E-state index is 12.2. The highest BCUT2D eigenvalue weighted by Crippen LogP contribution is 2.56. The fraction of sp³-hybridized carbons (Fsp3) is 0.429. The Hall–Kier alpha value is -2.64. The Morgan fingerprint density at radius 3 is 2.64 bits per heavy atom. The van der Waals surface area contributed by atoms with Crippen LogP contribution in [0.1, 0.15) is 22.3 Å². The first-order chi connectivity index (χ1) is 13.5. The molecule has 0 aromatic heterocycles. The number of quaternary nitrogens is 1. The summed E-state index contributed by atoms with van der Waals surface area (Å²) in [5.74, 6) is 3.46. The third kappa shape index (κ3) is 1.85. The maximum atomic E-state index is 12.2. The van der Waals surface area contributed by atoms with Crippen molar-refractivity contribution >= 4 is 0 Å². The Morgan fingerprint density at radius 1 is 1.04 bits per heavy atom. The Balaban J connectivity index is 1.58. The number of fused-ring (bicyclic) bond motifs is 7. The Kier molecular flexibility index (Phi) is 3.06. The summed E-state index contributed by atoms with van der Waals surface area (Å²) in [6.07, 6.45) is 1.29. The second-order valence-corrected chi connectivity index (χ2v) is 8.14. The Labute approximate surface area is 162 Å². The summed E-state index contributed by atoms with van der Waals surface area (Å²) in [7, 11) is 3.72. The SMILES string of the molecule is COc1c2c(cc3c1[C@@]1(O)Cc4ccc5c(c4C[N+]1(C)CC3)OCO5)OCO2. The number of ether oxygens (including phenoxy) is 5. The van der Waals surface area contributed by atoms with Gasteiger partial charge in [0.05, 0.1) is 38.2 Å². The molecule has 4 heterocycles. The standard InChI is InChI=1S/C21H22NO6/c1-22-6-5-12-7-16-19(28-11-26-16)20(24-2)17(12)21(22,23)8-13-3-4-15-18(14(13)9-22)27-10-25-15/h3-4,7,23H,5-6,8-11H2,1-2H3/q+1/t21-,22?/m0/s1. The largest absolute Gasteiger partial charge is 0.492 e. The van der Waals surface area contributed by atoms with E-state index in [1.54, 1.807) is 7.11 Å². The van der Waals surface area contributed by atoms with Crippen molar-refractivity contribution in [2.45, 2.75) is 25.1 Å². The quantitative estimate of drug-likeness (QED) is 0.760. The first-order valence-corrected chi connectivity index (χ1v) is 9.51. The van der Waals surface area contributed by atoms with Crippen LogP contribution in [0, 0.1) is 0 Å². The summed E-state index contributed by atoms with van der Waals surface area (Å²) >= 11 is 0. The van der Waals surface area contributed by atoms with Gasteiger partial charge in [-0.15, -0.1) is 0 Å². The van der Waals surface area contributed by atoms with Crippen molar-refractivity contribution in [2.24, 2.45) is 0 Å². The molecule has 146 valence electrons. The first-order valence-electron chi connectivity index (χ1n) is 9.51. The average Bonchev–Trinajstić information content (AvgIpc) is 3.34. The molecule has 0 bridgehead atoms. The smallest absolute Gasteiger partial charge is 0.235 e. The van der Waals surface area contributed by atoms with E-state index in [0.29, 0.717) is 34.7 Å². The van der Waals surface area contributed by atoms with E-state index in [4.69, 9.17) is 23.7 Å². The molecule has 0 saturated carbocycles. The normalized spacial score (nSPS) is 28.4. The van der Waals surface area contributed by atoms with E-state index in [9.17, 15) is 5.11 Å². The molecule has 4 aliphatic rings. The molecule has 0 radical (unpaired) electrons. The minimum atomic E-state index is -1.12. The van der Waals surface area contributed by atoms with Crippen LogP contribution in [0.25, 0.3) is 0 Å².